The molecule has 0 spiro atoms. The van der Waals surface area contributed by atoms with Crippen LogP contribution in [-0.2, 0) is 14.8 Å². The van der Waals surface area contributed by atoms with Crippen LogP contribution in [0, 0.1) is 11.8 Å². The van der Waals surface area contributed by atoms with Crippen molar-refractivity contribution < 1.29 is 13.2 Å². The molecule has 0 N–H and O–H groups in total. The van der Waals surface area contributed by atoms with E-state index < -0.39 is 10.0 Å². The lowest BCUT2D eigenvalue weighted by atomic mass is 10.0. The maximum atomic E-state index is 12.5. The second-order valence-electron chi connectivity index (χ2n) is 5.37. The summed E-state index contributed by atoms with van der Waals surface area (Å²) in [5.41, 5.74) is 0.900. The van der Waals surface area contributed by atoms with Crippen molar-refractivity contribution in [3.63, 3.8) is 0 Å². The molecule has 1 aromatic carbocycles. The van der Waals surface area contributed by atoms with Crippen molar-refractivity contribution in [2.24, 2.45) is 11.8 Å². The second kappa shape index (κ2) is 4.86. The predicted molar refractivity (Wildman–Crippen MR) is 76.8 cm³/mol. The van der Waals surface area contributed by atoms with Crippen molar-refractivity contribution in [2.75, 3.05) is 30.3 Å². The van der Waals surface area contributed by atoms with Crippen LogP contribution in [0.15, 0.2) is 30.3 Å². The van der Waals surface area contributed by atoms with Crippen LogP contribution in [-0.4, -0.2) is 44.0 Å². The van der Waals surface area contributed by atoms with E-state index in [4.69, 9.17) is 0 Å². The summed E-state index contributed by atoms with van der Waals surface area (Å²) in [5, 5.41) is 0. The number of rotatable bonds is 3. The minimum absolute atomic E-state index is 0.0509. The number of carbonyl (C=O) groups excluding carboxylic acids is 1. The van der Waals surface area contributed by atoms with Crippen LogP contribution in [0.4, 0.5) is 5.69 Å². The summed E-state index contributed by atoms with van der Waals surface area (Å²) in [6.45, 7) is 3.06. The van der Waals surface area contributed by atoms with E-state index in [-0.39, 0.29) is 23.5 Å². The molecule has 2 atom stereocenters. The number of para-hydroxylation sites is 1. The Morgan fingerprint density at radius 2 is 1.85 bits per heavy atom. The molecule has 0 unspecified atom stereocenters. The minimum atomic E-state index is -3.18. The lowest BCUT2D eigenvalue weighted by molar-refractivity contribution is -0.120. The van der Waals surface area contributed by atoms with E-state index in [0.29, 0.717) is 19.6 Å². The molecule has 2 heterocycles. The van der Waals surface area contributed by atoms with Gasteiger partial charge in [0.15, 0.2) is 0 Å². The molecule has 2 aliphatic heterocycles. The molecule has 1 amide bonds. The van der Waals surface area contributed by atoms with Gasteiger partial charge in [0.25, 0.3) is 0 Å². The topological polar surface area (TPSA) is 57.7 Å². The fourth-order valence-electron chi connectivity index (χ4n) is 3.07. The Bertz CT molecular complexity index is 615. The molecule has 20 heavy (non-hydrogen) atoms. The van der Waals surface area contributed by atoms with Crippen molar-refractivity contribution in [3.8, 4) is 0 Å². The van der Waals surface area contributed by atoms with Gasteiger partial charge in [0.1, 0.15) is 0 Å². The van der Waals surface area contributed by atoms with Crippen LogP contribution in [0.3, 0.4) is 0 Å². The first-order chi connectivity index (χ1) is 9.53. The molecule has 3 rings (SSSR count). The molecule has 0 aromatic heterocycles. The van der Waals surface area contributed by atoms with Gasteiger partial charge in [-0.1, -0.05) is 18.2 Å². The molecular formula is C14H18N2O3S. The highest BCUT2D eigenvalue weighted by Gasteiger charge is 2.48. The van der Waals surface area contributed by atoms with Gasteiger partial charge < -0.3 is 4.90 Å². The Balaban J connectivity index is 1.78. The summed E-state index contributed by atoms with van der Waals surface area (Å²) < 4.78 is 25.3. The van der Waals surface area contributed by atoms with E-state index in [1.807, 2.05) is 30.3 Å². The van der Waals surface area contributed by atoms with Crippen molar-refractivity contribution in [2.45, 2.75) is 6.92 Å². The van der Waals surface area contributed by atoms with Crippen LogP contribution in [0.2, 0.25) is 0 Å². The first kappa shape index (κ1) is 13.6. The summed E-state index contributed by atoms with van der Waals surface area (Å²) in [5.74, 6) is 0.0822. The van der Waals surface area contributed by atoms with Gasteiger partial charge in [-0.25, -0.2) is 12.7 Å². The number of anilines is 1. The third-order valence-electron chi connectivity index (χ3n) is 4.23. The molecule has 2 aliphatic rings. The Kier molecular flexibility index (Phi) is 3.30. The SMILES string of the molecule is CCS(=O)(=O)N1C[C@@H]2CN(c3ccccc3)C(=O)[C@@H]2C1. The minimum Gasteiger partial charge on any atom is -0.312 e. The lowest BCUT2D eigenvalue weighted by Gasteiger charge is -2.21. The average molecular weight is 294 g/mol. The highest BCUT2D eigenvalue weighted by molar-refractivity contribution is 7.89. The third kappa shape index (κ3) is 2.13. The normalized spacial score (nSPS) is 27.1. The van der Waals surface area contributed by atoms with Crippen molar-refractivity contribution in [3.05, 3.63) is 30.3 Å². The van der Waals surface area contributed by atoms with Gasteiger partial charge in [0, 0.05) is 31.2 Å². The van der Waals surface area contributed by atoms with E-state index in [0.717, 1.165) is 5.69 Å². The first-order valence-electron chi connectivity index (χ1n) is 6.87. The molecule has 2 fully saturated rings. The van der Waals surface area contributed by atoms with Gasteiger partial charge in [-0.15, -0.1) is 0 Å². The molecule has 0 bridgehead atoms. The van der Waals surface area contributed by atoms with E-state index >= 15 is 0 Å². The number of carbonyl (C=O) groups is 1. The van der Waals surface area contributed by atoms with Gasteiger partial charge in [-0.2, -0.15) is 0 Å². The molecule has 108 valence electrons. The Morgan fingerprint density at radius 3 is 2.45 bits per heavy atom. The maximum absolute atomic E-state index is 12.5. The summed E-state index contributed by atoms with van der Waals surface area (Å²) in [6, 6.07) is 9.56. The first-order valence-corrected chi connectivity index (χ1v) is 8.48. The molecule has 0 aliphatic carbocycles. The monoisotopic (exact) mass is 294 g/mol. The van der Waals surface area contributed by atoms with Gasteiger partial charge in [-0.05, 0) is 19.1 Å². The largest absolute Gasteiger partial charge is 0.312 e. The van der Waals surface area contributed by atoms with Crippen LogP contribution >= 0.6 is 0 Å². The molecule has 2 saturated heterocycles. The predicted octanol–water partition coefficient (Wildman–Crippen LogP) is 0.931. The summed E-state index contributed by atoms with van der Waals surface area (Å²) in [6.07, 6.45) is 0. The molecule has 6 heteroatoms. The van der Waals surface area contributed by atoms with Gasteiger partial charge in [0.05, 0.1) is 11.7 Å². The van der Waals surface area contributed by atoms with Gasteiger partial charge in [0.2, 0.25) is 15.9 Å². The summed E-state index contributed by atoms with van der Waals surface area (Å²) in [7, 11) is -3.18. The highest BCUT2D eigenvalue weighted by Crippen LogP contribution is 2.36. The zero-order valence-electron chi connectivity index (χ0n) is 11.4. The van der Waals surface area contributed by atoms with E-state index in [9.17, 15) is 13.2 Å². The fourth-order valence-corrected chi connectivity index (χ4v) is 4.24. The summed E-state index contributed by atoms with van der Waals surface area (Å²) in [4.78, 5) is 14.2. The summed E-state index contributed by atoms with van der Waals surface area (Å²) >= 11 is 0. The van der Waals surface area contributed by atoms with E-state index in [1.165, 1.54) is 4.31 Å². The second-order valence-corrected chi connectivity index (χ2v) is 7.63. The molecule has 0 radical (unpaired) electrons. The van der Waals surface area contributed by atoms with E-state index in [2.05, 4.69) is 0 Å². The number of sulfonamides is 1. The van der Waals surface area contributed by atoms with Crippen molar-refractivity contribution in [1.82, 2.24) is 4.31 Å². The smallest absolute Gasteiger partial charge is 0.231 e. The average Bonchev–Trinajstić information content (AvgIpc) is 3.00. The van der Waals surface area contributed by atoms with Crippen LogP contribution in [0.5, 0.6) is 0 Å². The number of benzene rings is 1. The number of hydrogen-bond donors (Lipinski definition) is 0. The standard InChI is InChI=1S/C14H18N2O3S/c1-2-20(18,19)15-8-11-9-16(14(17)13(11)10-15)12-6-4-3-5-7-12/h3-7,11,13H,2,8-10H2,1H3/t11-,13-/m1/s1. The Morgan fingerprint density at radius 1 is 1.15 bits per heavy atom. The number of amides is 1. The van der Waals surface area contributed by atoms with Crippen molar-refractivity contribution >= 4 is 21.6 Å². The number of nitrogens with zero attached hydrogens (tertiary/aromatic N) is 2. The quantitative estimate of drug-likeness (QED) is 0.833. The molecule has 0 saturated carbocycles. The van der Waals surface area contributed by atoms with Crippen LogP contribution in [0.1, 0.15) is 6.92 Å². The van der Waals surface area contributed by atoms with Crippen molar-refractivity contribution in [1.29, 1.82) is 0 Å². The fraction of sp³-hybridized carbons (Fsp3) is 0.500. The number of fused-ring (bicyclic) bond motifs is 1. The van der Waals surface area contributed by atoms with E-state index in [1.54, 1.807) is 11.8 Å². The zero-order chi connectivity index (χ0) is 14.3. The highest BCUT2D eigenvalue weighted by atomic mass is 32.2. The van der Waals surface area contributed by atoms with Gasteiger partial charge in [-0.3, -0.25) is 4.79 Å². The number of hydrogen-bond acceptors (Lipinski definition) is 3. The van der Waals surface area contributed by atoms with Gasteiger partial charge >= 0.3 is 0 Å². The lowest BCUT2D eigenvalue weighted by Crippen LogP contribution is -2.36. The third-order valence-corrected chi connectivity index (χ3v) is 6.05. The molecule has 5 nitrogen and oxygen atoms in total. The Labute approximate surface area is 119 Å². The van der Waals surface area contributed by atoms with Crippen LogP contribution < -0.4 is 4.90 Å². The Hall–Kier alpha value is -1.40. The van der Waals surface area contributed by atoms with Crippen LogP contribution in [0.25, 0.3) is 0 Å². The molecular weight excluding hydrogens is 276 g/mol. The zero-order valence-corrected chi connectivity index (χ0v) is 12.2. The molecule has 1 aromatic rings. The maximum Gasteiger partial charge on any atom is 0.231 e.